The van der Waals surface area contributed by atoms with E-state index < -0.39 is 33.3 Å². The fourth-order valence-corrected chi connectivity index (χ4v) is 8.44. The zero-order valence-electron chi connectivity index (χ0n) is 29.5. The molecule has 0 aromatic rings. The first-order chi connectivity index (χ1) is 19.2. The second kappa shape index (κ2) is 17.6. The van der Waals surface area contributed by atoms with E-state index in [1.165, 1.54) is 19.3 Å². The van der Waals surface area contributed by atoms with E-state index in [0.29, 0.717) is 6.42 Å². The molecule has 1 aliphatic carbocycles. The molecule has 42 heavy (non-hydrogen) atoms. The van der Waals surface area contributed by atoms with Crippen LogP contribution in [-0.2, 0) is 22.6 Å². The fraction of sp³-hybridized carbons (Fsp3) is 0.812. The highest BCUT2D eigenvalue weighted by Gasteiger charge is 2.42. The van der Waals surface area contributed by atoms with Crippen LogP contribution >= 0.6 is 0 Å². The molecule has 10 heteroatoms. The van der Waals surface area contributed by atoms with Crippen molar-refractivity contribution in [1.82, 2.24) is 0 Å². The summed E-state index contributed by atoms with van der Waals surface area (Å²) in [7, 11) is -7.11. The summed E-state index contributed by atoms with van der Waals surface area (Å²) in [5.41, 5.74) is 1.12. The van der Waals surface area contributed by atoms with Crippen LogP contribution in [0, 0.1) is 11.8 Å². The Morgan fingerprint density at radius 2 is 1.55 bits per heavy atom. The Labute approximate surface area is 263 Å². The first-order valence-electron chi connectivity index (χ1n) is 16.3. The Balaban J connectivity index is 3.20. The van der Waals surface area contributed by atoms with E-state index in [0.717, 1.165) is 37.8 Å². The topological polar surface area (TPSA) is 66.4 Å². The molecule has 0 unspecified atom stereocenters. The fourth-order valence-electron chi connectivity index (χ4n) is 5.01. The van der Waals surface area contributed by atoms with Crippen LogP contribution in [0.25, 0.3) is 0 Å². The molecule has 0 aliphatic heterocycles. The summed E-state index contributed by atoms with van der Waals surface area (Å²) in [4.78, 5) is 12.1. The number of oxime groups is 1. The summed E-state index contributed by atoms with van der Waals surface area (Å²) < 4.78 is 25.1. The molecule has 0 aromatic carbocycles. The van der Waals surface area contributed by atoms with E-state index in [1.807, 2.05) is 19.6 Å². The highest BCUT2D eigenvalue weighted by molar-refractivity contribution is 6.71. The zero-order valence-corrected chi connectivity index (χ0v) is 33.5. The lowest BCUT2D eigenvalue weighted by molar-refractivity contribution is -0.135. The summed E-state index contributed by atoms with van der Waals surface area (Å²) in [6.07, 6.45) is 18.0. The lowest BCUT2D eigenvalue weighted by atomic mass is 9.89. The van der Waals surface area contributed by atoms with Crippen molar-refractivity contribution in [3.63, 3.8) is 0 Å². The number of carbonyl (C=O) groups is 1. The molecule has 0 radical (unpaired) electrons. The Bertz CT molecular complexity index is 895. The van der Waals surface area contributed by atoms with Gasteiger partial charge in [0.1, 0.15) is 0 Å². The predicted octanol–water partition coefficient (Wildman–Crippen LogP) is 9.90. The molecule has 244 valence electrons. The third-order valence-electron chi connectivity index (χ3n) is 6.55. The van der Waals surface area contributed by atoms with Gasteiger partial charge in [0.15, 0.2) is 16.6 Å². The average molecular weight is 656 g/mol. The van der Waals surface area contributed by atoms with Crippen LogP contribution in [0.4, 0.5) is 0 Å². The van der Waals surface area contributed by atoms with Crippen molar-refractivity contribution in [1.29, 1.82) is 0 Å². The van der Waals surface area contributed by atoms with Gasteiger partial charge >= 0.3 is 0 Å². The largest absolute Gasteiger partial charge is 0.520 e. The number of nitrogens with zero attached hydrogens (tertiary/aromatic N) is 1. The van der Waals surface area contributed by atoms with Crippen molar-refractivity contribution in [2.75, 3.05) is 0 Å². The number of hydrogen-bond acceptors (Lipinski definition) is 6. The molecular weight excluding hydrogens is 591 g/mol. The van der Waals surface area contributed by atoms with Gasteiger partial charge in [0.25, 0.3) is 14.3 Å². The minimum absolute atomic E-state index is 0.0677. The van der Waals surface area contributed by atoms with Crippen LogP contribution in [0.1, 0.15) is 64.7 Å². The Morgan fingerprint density at radius 1 is 0.881 bits per heavy atom. The first kappa shape index (κ1) is 39.2. The standard InChI is InChI=1S/C32H65NO5Si4/c1-14-15-18-21-27(35-39(2,3)4)24-25-29-28(22-19-16-17-20-23-32(34)37-41(8,9)10)30(33-38-42(11,12)13)26-31(29)36-40(5,6)7/h16,19,24-25,27-29,31H,14-15,17-18,20-23,26H2,1-13H3/b19-16-,25-24+,33-30-/t27-,28+,29+,31+/m0/s1. The minimum Gasteiger partial charge on any atom is -0.520 e. The quantitative estimate of drug-likeness (QED) is 0.0600. The van der Waals surface area contributed by atoms with Gasteiger partial charge in [0.2, 0.25) is 8.32 Å². The molecule has 1 rings (SSSR count). The van der Waals surface area contributed by atoms with Gasteiger partial charge in [-0.05, 0) is 104 Å². The Morgan fingerprint density at radius 3 is 2.10 bits per heavy atom. The molecular formula is C32H65NO5Si4. The average Bonchev–Trinajstić information content (AvgIpc) is 3.10. The maximum absolute atomic E-state index is 12.1. The molecule has 0 N–H and O–H groups in total. The van der Waals surface area contributed by atoms with Crippen molar-refractivity contribution in [2.24, 2.45) is 17.0 Å². The molecule has 1 aliphatic rings. The summed E-state index contributed by atoms with van der Waals surface area (Å²) in [6, 6.07) is 0. The van der Waals surface area contributed by atoms with Gasteiger partial charge in [0.05, 0.1) is 17.9 Å². The summed E-state index contributed by atoms with van der Waals surface area (Å²) in [6.45, 7) is 28.6. The highest BCUT2D eigenvalue weighted by atomic mass is 28.4. The van der Waals surface area contributed by atoms with E-state index in [2.05, 4.69) is 90.2 Å². The van der Waals surface area contributed by atoms with Crippen molar-refractivity contribution < 1.29 is 22.6 Å². The maximum atomic E-state index is 12.1. The van der Waals surface area contributed by atoms with Crippen molar-refractivity contribution in [3.05, 3.63) is 24.3 Å². The van der Waals surface area contributed by atoms with Gasteiger partial charge in [-0.25, -0.2) is 0 Å². The zero-order chi connectivity index (χ0) is 32.2. The molecule has 0 spiro atoms. The van der Waals surface area contributed by atoms with E-state index in [-0.39, 0.29) is 30.0 Å². The van der Waals surface area contributed by atoms with Crippen LogP contribution in [0.5, 0.6) is 0 Å². The molecule has 0 heterocycles. The first-order valence-corrected chi connectivity index (χ1v) is 30.0. The summed E-state index contributed by atoms with van der Waals surface area (Å²) in [5.74, 6) is 0.369. The maximum Gasteiger partial charge on any atom is 0.292 e. The molecule has 0 bridgehead atoms. The van der Waals surface area contributed by atoms with Gasteiger partial charge in [-0.1, -0.05) is 50.5 Å². The van der Waals surface area contributed by atoms with Crippen LogP contribution < -0.4 is 0 Å². The molecule has 0 saturated heterocycles. The third kappa shape index (κ3) is 18.8. The van der Waals surface area contributed by atoms with Gasteiger partial charge in [0, 0.05) is 24.7 Å². The minimum atomic E-state index is -1.83. The van der Waals surface area contributed by atoms with E-state index >= 15 is 0 Å². The highest BCUT2D eigenvalue weighted by Crippen LogP contribution is 2.38. The van der Waals surface area contributed by atoms with Crippen LogP contribution in [-0.4, -0.2) is 57.2 Å². The number of hydrogen-bond donors (Lipinski definition) is 0. The molecule has 0 amide bonds. The van der Waals surface area contributed by atoms with E-state index in [4.69, 9.17) is 23.0 Å². The second-order valence-corrected chi connectivity index (χ2v) is 33.5. The van der Waals surface area contributed by atoms with Crippen LogP contribution in [0.2, 0.25) is 78.6 Å². The van der Waals surface area contributed by atoms with Crippen molar-refractivity contribution >= 4 is 45.0 Å². The molecule has 0 aromatic heterocycles. The molecule has 6 nitrogen and oxygen atoms in total. The van der Waals surface area contributed by atoms with Crippen LogP contribution in [0.15, 0.2) is 29.5 Å². The second-order valence-electron chi connectivity index (χ2n) is 15.8. The normalized spacial score (nSPS) is 22.4. The summed E-state index contributed by atoms with van der Waals surface area (Å²) >= 11 is 0. The van der Waals surface area contributed by atoms with E-state index in [9.17, 15) is 4.79 Å². The van der Waals surface area contributed by atoms with Gasteiger partial charge in [-0.15, -0.1) is 5.16 Å². The monoisotopic (exact) mass is 655 g/mol. The molecule has 1 fully saturated rings. The molecule has 4 atom stereocenters. The number of allylic oxidation sites excluding steroid dienone is 2. The number of carbonyl (C=O) groups excluding carboxylic acids is 1. The van der Waals surface area contributed by atoms with Crippen molar-refractivity contribution in [3.8, 4) is 0 Å². The Kier molecular flexibility index (Phi) is 16.5. The molecule has 1 saturated carbocycles. The lowest BCUT2D eigenvalue weighted by Gasteiger charge is -2.29. The van der Waals surface area contributed by atoms with Gasteiger partial charge in [-0.2, -0.15) is 0 Å². The smallest absolute Gasteiger partial charge is 0.292 e. The number of unbranched alkanes of at least 4 members (excludes halogenated alkanes) is 3. The van der Waals surface area contributed by atoms with Gasteiger partial charge in [-0.3, -0.25) is 4.79 Å². The number of rotatable bonds is 19. The SMILES string of the molecule is CCCCC[C@@H](/C=C/[C@H]1[C@H](O[Si](C)(C)C)C/C(=N/O[Si](C)(C)C)[C@@H]1C/C=C\CCCC(=O)O[Si](C)(C)C)O[Si](C)(C)C. The van der Waals surface area contributed by atoms with Gasteiger partial charge < -0.3 is 17.8 Å². The third-order valence-corrected chi connectivity index (χ3v) is 10.0. The van der Waals surface area contributed by atoms with Crippen molar-refractivity contribution in [2.45, 2.75) is 155 Å². The predicted molar refractivity (Wildman–Crippen MR) is 190 cm³/mol. The van der Waals surface area contributed by atoms with Crippen LogP contribution in [0.3, 0.4) is 0 Å². The van der Waals surface area contributed by atoms with E-state index in [1.54, 1.807) is 0 Å². The lowest BCUT2D eigenvalue weighted by Crippen LogP contribution is -2.35. The summed E-state index contributed by atoms with van der Waals surface area (Å²) in [5, 5.41) is 4.79. The Hall–Kier alpha value is -0.792.